The molecule has 1 aliphatic heterocycles. The summed E-state index contributed by atoms with van der Waals surface area (Å²) in [6.45, 7) is 4.49. The summed E-state index contributed by atoms with van der Waals surface area (Å²) < 4.78 is 0. The molecule has 0 aliphatic carbocycles. The van der Waals surface area contributed by atoms with E-state index in [4.69, 9.17) is 0 Å². The van der Waals surface area contributed by atoms with Crippen molar-refractivity contribution >= 4 is 17.4 Å². The largest absolute Gasteiger partial charge is 0.360 e. The predicted octanol–water partition coefficient (Wildman–Crippen LogP) is 1.49. The van der Waals surface area contributed by atoms with Crippen LogP contribution in [0.2, 0.25) is 0 Å². The second kappa shape index (κ2) is 5.80. The Morgan fingerprint density at radius 2 is 2.28 bits per heavy atom. The SMILES string of the molecule is CCCN(C)c1cc(N2CCCC(=O)C2)ncn1. The van der Waals surface area contributed by atoms with Gasteiger partial charge in [-0.2, -0.15) is 0 Å². The fraction of sp³-hybridized carbons (Fsp3) is 0.615. The van der Waals surface area contributed by atoms with Crippen molar-refractivity contribution in [2.45, 2.75) is 26.2 Å². The Labute approximate surface area is 108 Å². The molecule has 1 aliphatic rings. The maximum Gasteiger partial charge on any atom is 0.152 e. The van der Waals surface area contributed by atoms with Crippen LogP contribution >= 0.6 is 0 Å². The van der Waals surface area contributed by atoms with Crippen LogP contribution < -0.4 is 9.80 Å². The zero-order valence-electron chi connectivity index (χ0n) is 11.1. The molecule has 0 N–H and O–H groups in total. The number of nitrogens with zero attached hydrogens (tertiary/aromatic N) is 4. The number of anilines is 2. The lowest BCUT2D eigenvalue weighted by molar-refractivity contribution is -0.118. The van der Waals surface area contributed by atoms with Crippen molar-refractivity contribution in [2.24, 2.45) is 0 Å². The summed E-state index contributed by atoms with van der Waals surface area (Å²) in [5.41, 5.74) is 0. The number of ketones is 1. The average Bonchev–Trinajstić information content (AvgIpc) is 2.39. The minimum Gasteiger partial charge on any atom is -0.360 e. The molecule has 0 bridgehead atoms. The monoisotopic (exact) mass is 248 g/mol. The Kier molecular flexibility index (Phi) is 4.12. The van der Waals surface area contributed by atoms with Gasteiger partial charge in [0.15, 0.2) is 5.78 Å². The van der Waals surface area contributed by atoms with E-state index < -0.39 is 0 Å². The average molecular weight is 248 g/mol. The molecule has 1 fully saturated rings. The number of hydrogen-bond acceptors (Lipinski definition) is 5. The third-order valence-corrected chi connectivity index (χ3v) is 3.16. The number of aromatic nitrogens is 2. The van der Waals surface area contributed by atoms with Gasteiger partial charge in [-0.05, 0) is 12.8 Å². The Balaban J connectivity index is 2.13. The van der Waals surface area contributed by atoms with Gasteiger partial charge < -0.3 is 9.80 Å². The summed E-state index contributed by atoms with van der Waals surface area (Å²) in [7, 11) is 2.02. The standard InChI is InChI=1S/C13H20N4O/c1-3-6-16(2)12-8-13(15-10-14-12)17-7-4-5-11(18)9-17/h8,10H,3-7,9H2,1-2H3. The minimum atomic E-state index is 0.295. The molecule has 5 heteroatoms. The molecule has 2 heterocycles. The first-order valence-corrected chi connectivity index (χ1v) is 6.50. The lowest BCUT2D eigenvalue weighted by Crippen LogP contribution is -2.36. The molecule has 98 valence electrons. The summed E-state index contributed by atoms with van der Waals surface area (Å²) >= 11 is 0. The van der Waals surface area contributed by atoms with Gasteiger partial charge in [0.1, 0.15) is 18.0 Å². The number of carbonyl (C=O) groups is 1. The van der Waals surface area contributed by atoms with Crippen LogP contribution in [0.25, 0.3) is 0 Å². The molecule has 0 amide bonds. The van der Waals surface area contributed by atoms with Gasteiger partial charge in [-0.15, -0.1) is 0 Å². The maximum absolute atomic E-state index is 11.5. The normalized spacial score (nSPS) is 15.9. The van der Waals surface area contributed by atoms with Crippen molar-refractivity contribution in [2.75, 3.05) is 36.5 Å². The highest BCUT2D eigenvalue weighted by atomic mass is 16.1. The van der Waals surface area contributed by atoms with Crippen molar-refractivity contribution in [3.05, 3.63) is 12.4 Å². The van der Waals surface area contributed by atoms with E-state index in [1.165, 1.54) is 0 Å². The van der Waals surface area contributed by atoms with E-state index in [2.05, 4.69) is 21.8 Å². The molecule has 0 aromatic carbocycles. The van der Waals surface area contributed by atoms with E-state index in [1.807, 2.05) is 18.0 Å². The highest BCUT2D eigenvalue weighted by molar-refractivity contribution is 5.84. The molecule has 5 nitrogen and oxygen atoms in total. The Morgan fingerprint density at radius 3 is 3.00 bits per heavy atom. The zero-order chi connectivity index (χ0) is 13.0. The Bertz CT molecular complexity index is 421. The summed E-state index contributed by atoms with van der Waals surface area (Å²) in [6.07, 6.45) is 4.28. The topological polar surface area (TPSA) is 49.3 Å². The van der Waals surface area contributed by atoms with E-state index in [-0.39, 0.29) is 0 Å². The number of rotatable bonds is 4. The second-order valence-corrected chi connectivity index (χ2v) is 4.72. The Morgan fingerprint density at radius 1 is 1.44 bits per heavy atom. The van der Waals surface area contributed by atoms with Crippen LogP contribution in [0.1, 0.15) is 26.2 Å². The van der Waals surface area contributed by atoms with E-state index in [1.54, 1.807) is 6.33 Å². The molecule has 18 heavy (non-hydrogen) atoms. The van der Waals surface area contributed by atoms with Crippen LogP contribution in [0.4, 0.5) is 11.6 Å². The van der Waals surface area contributed by atoms with Crippen LogP contribution in [0, 0.1) is 0 Å². The summed E-state index contributed by atoms with van der Waals surface area (Å²) in [5.74, 6) is 2.07. The van der Waals surface area contributed by atoms with E-state index in [0.29, 0.717) is 18.7 Å². The van der Waals surface area contributed by atoms with Gasteiger partial charge in [0.2, 0.25) is 0 Å². The molecular formula is C13H20N4O. The second-order valence-electron chi connectivity index (χ2n) is 4.72. The lowest BCUT2D eigenvalue weighted by Gasteiger charge is -2.27. The molecule has 0 radical (unpaired) electrons. The molecule has 2 rings (SSSR count). The molecular weight excluding hydrogens is 228 g/mol. The first-order chi connectivity index (χ1) is 8.70. The van der Waals surface area contributed by atoms with Crippen LogP contribution in [-0.2, 0) is 4.79 Å². The first-order valence-electron chi connectivity index (χ1n) is 6.50. The molecule has 0 atom stereocenters. The predicted molar refractivity (Wildman–Crippen MR) is 72.0 cm³/mol. The summed E-state index contributed by atoms with van der Waals surface area (Å²) in [6, 6.07) is 1.97. The van der Waals surface area contributed by atoms with Gasteiger partial charge in [-0.25, -0.2) is 9.97 Å². The molecule has 0 spiro atoms. The minimum absolute atomic E-state index is 0.295. The van der Waals surface area contributed by atoms with E-state index in [0.717, 1.165) is 37.6 Å². The molecule has 1 aromatic heterocycles. The maximum atomic E-state index is 11.5. The van der Waals surface area contributed by atoms with Crippen LogP contribution in [0.3, 0.4) is 0 Å². The zero-order valence-corrected chi connectivity index (χ0v) is 11.1. The van der Waals surface area contributed by atoms with Crippen LogP contribution in [0.15, 0.2) is 12.4 Å². The lowest BCUT2D eigenvalue weighted by atomic mass is 10.1. The highest BCUT2D eigenvalue weighted by Crippen LogP contribution is 2.19. The number of Topliss-reactive ketones (excluding diaryl/α,β-unsaturated/α-hetero) is 1. The molecule has 1 aromatic rings. The van der Waals surface area contributed by atoms with Crippen molar-refractivity contribution < 1.29 is 4.79 Å². The number of carbonyl (C=O) groups excluding carboxylic acids is 1. The number of hydrogen-bond donors (Lipinski definition) is 0. The first kappa shape index (κ1) is 12.8. The number of piperidine rings is 1. The fourth-order valence-electron chi connectivity index (χ4n) is 2.20. The van der Waals surface area contributed by atoms with Crippen molar-refractivity contribution in [1.82, 2.24) is 9.97 Å². The van der Waals surface area contributed by atoms with Gasteiger partial charge in [-0.3, -0.25) is 4.79 Å². The fourth-order valence-corrected chi connectivity index (χ4v) is 2.20. The van der Waals surface area contributed by atoms with Crippen molar-refractivity contribution in [1.29, 1.82) is 0 Å². The van der Waals surface area contributed by atoms with Gasteiger partial charge in [0, 0.05) is 32.6 Å². The van der Waals surface area contributed by atoms with Gasteiger partial charge in [0.05, 0.1) is 6.54 Å². The quantitative estimate of drug-likeness (QED) is 0.808. The van der Waals surface area contributed by atoms with Crippen LogP contribution in [0.5, 0.6) is 0 Å². The van der Waals surface area contributed by atoms with Gasteiger partial charge in [0.25, 0.3) is 0 Å². The van der Waals surface area contributed by atoms with Gasteiger partial charge in [-0.1, -0.05) is 6.92 Å². The van der Waals surface area contributed by atoms with Crippen molar-refractivity contribution in [3.63, 3.8) is 0 Å². The third-order valence-electron chi connectivity index (χ3n) is 3.16. The summed E-state index contributed by atoms with van der Waals surface area (Å²) in [4.78, 5) is 24.2. The molecule has 1 saturated heterocycles. The molecule has 0 saturated carbocycles. The third kappa shape index (κ3) is 2.97. The smallest absolute Gasteiger partial charge is 0.152 e. The van der Waals surface area contributed by atoms with E-state index in [9.17, 15) is 4.79 Å². The molecule has 0 unspecified atom stereocenters. The van der Waals surface area contributed by atoms with Gasteiger partial charge >= 0.3 is 0 Å². The van der Waals surface area contributed by atoms with Crippen molar-refractivity contribution in [3.8, 4) is 0 Å². The summed E-state index contributed by atoms with van der Waals surface area (Å²) in [5, 5.41) is 0. The Hall–Kier alpha value is -1.65. The van der Waals surface area contributed by atoms with Crippen LogP contribution in [-0.4, -0.2) is 42.4 Å². The highest BCUT2D eigenvalue weighted by Gasteiger charge is 2.18. The van der Waals surface area contributed by atoms with E-state index >= 15 is 0 Å².